The standard InChI is InChI=1S/C20H29N3O3.C2HF3O2/c1-20(2)16(13-17(24)25)18(20)14-5-7-15(8-6-14)26-12-4-11-23-19-21-9-3-10-22-19;3-2(4,5)1(6)7/h5-8,16,18H,3-4,9-13H2,1-2H3,(H,24,25)(H2,21,22,23);(H,6,7). The van der Waals surface area contributed by atoms with Gasteiger partial charge in [0.05, 0.1) is 6.61 Å². The van der Waals surface area contributed by atoms with Crippen LogP contribution < -0.4 is 15.4 Å². The Morgan fingerprint density at radius 3 is 2.39 bits per heavy atom. The zero-order chi connectivity index (χ0) is 24.6. The lowest BCUT2D eigenvalue weighted by Crippen LogP contribution is -2.41. The Labute approximate surface area is 190 Å². The summed E-state index contributed by atoms with van der Waals surface area (Å²) in [5, 5.41) is 22.7. The Morgan fingerprint density at radius 1 is 1.24 bits per heavy atom. The molecule has 1 heterocycles. The average Bonchev–Trinajstić information content (AvgIpc) is 3.27. The third kappa shape index (κ3) is 8.14. The van der Waals surface area contributed by atoms with E-state index < -0.39 is 18.1 Å². The summed E-state index contributed by atoms with van der Waals surface area (Å²) in [4.78, 5) is 24.3. The smallest absolute Gasteiger partial charge is 0.490 e. The number of nitrogens with zero attached hydrogens (tertiary/aromatic N) is 1. The molecule has 8 nitrogen and oxygen atoms in total. The van der Waals surface area contributed by atoms with E-state index in [9.17, 15) is 18.0 Å². The highest BCUT2D eigenvalue weighted by molar-refractivity contribution is 5.80. The Kier molecular flexibility index (Phi) is 8.95. The number of aliphatic carboxylic acids is 2. The largest absolute Gasteiger partial charge is 0.494 e. The zero-order valence-electron chi connectivity index (χ0n) is 18.6. The molecule has 3 rings (SSSR count). The first-order chi connectivity index (χ1) is 15.4. The highest BCUT2D eigenvalue weighted by atomic mass is 19.4. The molecule has 4 N–H and O–H groups in total. The minimum atomic E-state index is -5.08. The summed E-state index contributed by atoms with van der Waals surface area (Å²) >= 11 is 0. The number of carboxylic acids is 2. The Bertz CT molecular complexity index is 841. The van der Waals surface area contributed by atoms with Crippen molar-refractivity contribution in [1.82, 2.24) is 10.6 Å². The van der Waals surface area contributed by atoms with Gasteiger partial charge in [-0.3, -0.25) is 9.79 Å². The summed E-state index contributed by atoms with van der Waals surface area (Å²) in [5.74, 6) is -1.19. The van der Waals surface area contributed by atoms with Gasteiger partial charge >= 0.3 is 18.1 Å². The molecule has 0 spiro atoms. The van der Waals surface area contributed by atoms with Crippen molar-refractivity contribution < 1.29 is 37.7 Å². The second-order valence-electron chi connectivity index (χ2n) is 8.51. The van der Waals surface area contributed by atoms with Gasteiger partial charge in [0.2, 0.25) is 0 Å². The first-order valence-electron chi connectivity index (χ1n) is 10.7. The summed E-state index contributed by atoms with van der Waals surface area (Å²) in [5.41, 5.74) is 1.26. The summed E-state index contributed by atoms with van der Waals surface area (Å²) in [7, 11) is 0. The van der Waals surface area contributed by atoms with Gasteiger partial charge in [-0.05, 0) is 47.8 Å². The van der Waals surface area contributed by atoms with Gasteiger partial charge < -0.3 is 25.6 Å². The maximum absolute atomic E-state index is 11.0. The Balaban J connectivity index is 0.000000479. The molecule has 1 saturated carbocycles. The molecule has 0 saturated heterocycles. The van der Waals surface area contributed by atoms with E-state index in [1.54, 1.807) is 0 Å². The number of halogens is 3. The van der Waals surface area contributed by atoms with E-state index in [1.807, 2.05) is 12.1 Å². The maximum Gasteiger partial charge on any atom is 0.490 e. The predicted molar refractivity (Wildman–Crippen MR) is 115 cm³/mol. The minimum Gasteiger partial charge on any atom is -0.494 e. The molecule has 184 valence electrons. The number of guanidine groups is 1. The molecule has 2 unspecified atom stereocenters. The van der Waals surface area contributed by atoms with Crippen molar-refractivity contribution in [3.05, 3.63) is 29.8 Å². The van der Waals surface area contributed by atoms with E-state index in [2.05, 4.69) is 41.6 Å². The summed E-state index contributed by atoms with van der Waals surface area (Å²) in [6.07, 6.45) is -2.85. The Hall–Kier alpha value is -2.98. The van der Waals surface area contributed by atoms with Crippen molar-refractivity contribution in [3.63, 3.8) is 0 Å². The highest BCUT2D eigenvalue weighted by Crippen LogP contribution is 2.65. The molecule has 1 aromatic carbocycles. The number of carboxylic acid groups (broad SMARTS) is 2. The normalized spacial score (nSPS) is 20.9. The summed E-state index contributed by atoms with van der Waals surface area (Å²) in [6, 6.07) is 8.12. The second-order valence-corrected chi connectivity index (χ2v) is 8.51. The van der Waals surface area contributed by atoms with E-state index in [1.165, 1.54) is 5.56 Å². The molecule has 0 amide bonds. The molecule has 0 aromatic heterocycles. The number of hydrogen-bond donors (Lipinski definition) is 4. The zero-order valence-corrected chi connectivity index (χ0v) is 18.6. The first kappa shape index (κ1) is 26.3. The third-order valence-corrected chi connectivity index (χ3v) is 5.71. The molecular weight excluding hydrogens is 443 g/mol. The molecular formula is C22H30F3N3O5. The van der Waals surface area contributed by atoms with Crippen molar-refractivity contribution in [3.8, 4) is 5.75 Å². The lowest BCUT2D eigenvalue weighted by molar-refractivity contribution is -0.192. The molecule has 2 atom stereocenters. The van der Waals surface area contributed by atoms with Crippen molar-refractivity contribution in [2.24, 2.45) is 16.3 Å². The number of alkyl halides is 3. The van der Waals surface area contributed by atoms with Crippen molar-refractivity contribution in [2.45, 2.75) is 45.2 Å². The molecule has 1 fully saturated rings. The number of rotatable bonds is 8. The van der Waals surface area contributed by atoms with Crippen LogP contribution in [0.5, 0.6) is 5.75 Å². The second kappa shape index (κ2) is 11.2. The highest BCUT2D eigenvalue weighted by Gasteiger charge is 2.58. The van der Waals surface area contributed by atoms with E-state index in [-0.39, 0.29) is 17.8 Å². The van der Waals surface area contributed by atoms with E-state index in [0.29, 0.717) is 12.5 Å². The number of hydrogen-bond acceptors (Lipinski definition) is 6. The van der Waals surface area contributed by atoms with Crippen LogP contribution in [0.4, 0.5) is 13.2 Å². The SMILES string of the molecule is CC1(C)C(CC(=O)O)C1c1ccc(OCCCNC2=NCCCN2)cc1.O=C(O)C(F)(F)F. The van der Waals surface area contributed by atoms with Gasteiger partial charge in [-0.25, -0.2) is 4.79 Å². The van der Waals surface area contributed by atoms with Crippen LogP contribution in [-0.4, -0.2) is 60.5 Å². The maximum atomic E-state index is 11.0. The van der Waals surface area contributed by atoms with Crippen LogP contribution in [0.25, 0.3) is 0 Å². The number of aliphatic imine (C=N–C) groups is 1. The average molecular weight is 473 g/mol. The number of benzene rings is 1. The van der Waals surface area contributed by atoms with Crippen molar-refractivity contribution >= 4 is 17.9 Å². The topological polar surface area (TPSA) is 120 Å². The molecule has 0 radical (unpaired) electrons. The van der Waals surface area contributed by atoms with Crippen LogP contribution in [0.2, 0.25) is 0 Å². The molecule has 1 aromatic rings. The quantitative estimate of drug-likeness (QED) is 0.428. The van der Waals surface area contributed by atoms with E-state index in [4.69, 9.17) is 19.7 Å². The van der Waals surface area contributed by atoms with Crippen LogP contribution in [0.15, 0.2) is 29.3 Å². The van der Waals surface area contributed by atoms with Crippen LogP contribution in [0, 0.1) is 11.3 Å². The Morgan fingerprint density at radius 2 is 1.88 bits per heavy atom. The van der Waals surface area contributed by atoms with Gasteiger partial charge in [0, 0.05) is 26.1 Å². The van der Waals surface area contributed by atoms with Gasteiger partial charge in [-0.1, -0.05) is 26.0 Å². The van der Waals surface area contributed by atoms with E-state index >= 15 is 0 Å². The van der Waals surface area contributed by atoms with Gasteiger partial charge in [0.1, 0.15) is 5.75 Å². The third-order valence-electron chi connectivity index (χ3n) is 5.71. The molecule has 33 heavy (non-hydrogen) atoms. The number of carbonyl (C=O) groups is 2. The van der Waals surface area contributed by atoms with Crippen LogP contribution in [0.1, 0.15) is 44.6 Å². The van der Waals surface area contributed by atoms with E-state index in [0.717, 1.165) is 44.2 Å². The predicted octanol–water partition coefficient (Wildman–Crippen LogP) is 3.24. The van der Waals surface area contributed by atoms with Crippen molar-refractivity contribution in [1.29, 1.82) is 0 Å². The number of nitrogens with one attached hydrogen (secondary N) is 2. The van der Waals surface area contributed by atoms with Crippen LogP contribution >= 0.6 is 0 Å². The number of ether oxygens (including phenoxy) is 1. The van der Waals surface area contributed by atoms with Gasteiger partial charge in [-0.2, -0.15) is 13.2 Å². The minimum absolute atomic E-state index is 0.0578. The van der Waals surface area contributed by atoms with Crippen LogP contribution in [-0.2, 0) is 9.59 Å². The first-order valence-corrected chi connectivity index (χ1v) is 10.7. The lowest BCUT2D eigenvalue weighted by Gasteiger charge is -2.16. The van der Waals surface area contributed by atoms with Crippen LogP contribution in [0.3, 0.4) is 0 Å². The monoisotopic (exact) mass is 473 g/mol. The fourth-order valence-electron chi connectivity index (χ4n) is 3.87. The molecule has 11 heteroatoms. The molecule has 0 bridgehead atoms. The summed E-state index contributed by atoms with van der Waals surface area (Å²) in [6.45, 7) is 7.65. The molecule has 1 aliphatic carbocycles. The lowest BCUT2D eigenvalue weighted by atomic mass is 10.0. The van der Waals surface area contributed by atoms with Crippen molar-refractivity contribution in [2.75, 3.05) is 26.2 Å². The van der Waals surface area contributed by atoms with Gasteiger partial charge in [0.15, 0.2) is 5.96 Å². The summed E-state index contributed by atoms with van der Waals surface area (Å²) < 4.78 is 37.5. The van der Waals surface area contributed by atoms with Gasteiger partial charge in [0.25, 0.3) is 0 Å². The molecule has 2 aliphatic rings. The van der Waals surface area contributed by atoms with Gasteiger partial charge in [-0.15, -0.1) is 0 Å². The fraction of sp³-hybridized carbons (Fsp3) is 0.591. The fourth-order valence-corrected chi connectivity index (χ4v) is 3.87. The molecule has 1 aliphatic heterocycles.